The minimum absolute atomic E-state index is 0.0893. The van der Waals surface area contributed by atoms with E-state index in [9.17, 15) is 13.2 Å². The molecule has 1 saturated heterocycles. The van der Waals surface area contributed by atoms with Gasteiger partial charge in [-0.3, -0.25) is 0 Å². The minimum atomic E-state index is -4.46. The highest BCUT2D eigenvalue weighted by Crippen LogP contribution is 2.36. The molecule has 1 aromatic carbocycles. The SMILES string of the molecule is Nc1c(Nc2cc(C(F)(F)F)ccc2Cl)ncnc1N1CCCCC1. The summed E-state index contributed by atoms with van der Waals surface area (Å²) in [4.78, 5) is 10.3. The van der Waals surface area contributed by atoms with Crippen molar-refractivity contribution < 1.29 is 13.2 Å². The first-order chi connectivity index (χ1) is 11.9. The summed E-state index contributed by atoms with van der Waals surface area (Å²) in [5.41, 5.74) is 5.72. The number of alkyl halides is 3. The van der Waals surface area contributed by atoms with Crippen LogP contribution in [0.2, 0.25) is 5.02 Å². The molecule has 0 aliphatic carbocycles. The van der Waals surface area contributed by atoms with E-state index in [0.29, 0.717) is 5.82 Å². The number of nitrogens with one attached hydrogen (secondary N) is 1. The number of piperidine rings is 1. The number of rotatable bonds is 3. The number of hydrogen-bond donors (Lipinski definition) is 2. The smallest absolute Gasteiger partial charge is 0.393 e. The highest BCUT2D eigenvalue weighted by molar-refractivity contribution is 6.33. The fraction of sp³-hybridized carbons (Fsp3) is 0.375. The number of nitrogen functional groups attached to an aromatic ring is 1. The second-order valence-corrected chi connectivity index (χ2v) is 6.23. The van der Waals surface area contributed by atoms with Crippen LogP contribution in [0.1, 0.15) is 24.8 Å². The number of aromatic nitrogens is 2. The van der Waals surface area contributed by atoms with Crippen molar-refractivity contribution >= 4 is 34.6 Å². The van der Waals surface area contributed by atoms with E-state index >= 15 is 0 Å². The van der Waals surface area contributed by atoms with Crippen molar-refractivity contribution in [3.05, 3.63) is 35.1 Å². The van der Waals surface area contributed by atoms with Crippen LogP contribution in [-0.2, 0) is 6.18 Å². The van der Waals surface area contributed by atoms with Crippen LogP contribution in [0, 0.1) is 0 Å². The molecular formula is C16H17ClF3N5. The summed E-state index contributed by atoms with van der Waals surface area (Å²) in [6.07, 6.45) is 0.130. The number of halogens is 4. The van der Waals surface area contributed by atoms with Crippen LogP contribution in [0.3, 0.4) is 0 Å². The normalized spacial score (nSPS) is 15.3. The van der Waals surface area contributed by atoms with Gasteiger partial charge in [-0.25, -0.2) is 9.97 Å². The van der Waals surface area contributed by atoms with Gasteiger partial charge in [-0.1, -0.05) is 11.6 Å². The van der Waals surface area contributed by atoms with Crippen molar-refractivity contribution in [1.29, 1.82) is 0 Å². The number of anilines is 4. The number of hydrogen-bond acceptors (Lipinski definition) is 5. The van der Waals surface area contributed by atoms with Gasteiger partial charge in [0.2, 0.25) is 0 Å². The van der Waals surface area contributed by atoms with Crippen molar-refractivity contribution in [2.75, 3.05) is 29.0 Å². The third-order valence-electron chi connectivity index (χ3n) is 4.07. The van der Waals surface area contributed by atoms with Gasteiger partial charge in [0.25, 0.3) is 0 Å². The van der Waals surface area contributed by atoms with E-state index in [4.69, 9.17) is 17.3 Å². The molecule has 0 saturated carbocycles. The van der Waals surface area contributed by atoms with E-state index in [1.165, 1.54) is 12.4 Å². The fourth-order valence-corrected chi connectivity index (χ4v) is 2.93. The second kappa shape index (κ2) is 6.95. The Kier molecular flexibility index (Phi) is 4.89. The molecule has 0 radical (unpaired) electrons. The Morgan fingerprint density at radius 3 is 2.52 bits per heavy atom. The largest absolute Gasteiger partial charge is 0.416 e. The average molecular weight is 372 g/mol. The summed E-state index contributed by atoms with van der Waals surface area (Å²) in [6, 6.07) is 3.05. The van der Waals surface area contributed by atoms with Gasteiger partial charge in [0.1, 0.15) is 12.0 Å². The molecule has 0 bridgehead atoms. The molecule has 0 unspecified atom stereocenters. The Labute approximate surface area is 148 Å². The van der Waals surface area contributed by atoms with Gasteiger partial charge in [0, 0.05) is 13.1 Å². The highest BCUT2D eigenvalue weighted by atomic mass is 35.5. The Morgan fingerprint density at radius 1 is 1.12 bits per heavy atom. The van der Waals surface area contributed by atoms with Gasteiger partial charge in [-0.2, -0.15) is 13.2 Å². The Hall–Kier alpha value is -2.22. The quantitative estimate of drug-likeness (QED) is 0.833. The number of nitrogens with two attached hydrogens (primary N) is 1. The molecule has 1 fully saturated rings. The van der Waals surface area contributed by atoms with Crippen molar-refractivity contribution in [1.82, 2.24) is 9.97 Å². The van der Waals surface area contributed by atoms with Gasteiger partial charge in [-0.05, 0) is 37.5 Å². The van der Waals surface area contributed by atoms with Crippen LogP contribution in [-0.4, -0.2) is 23.1 Å². The maximum Gasteiger partial charge on any atom is 0.416 e. The molecule has 2 heterocycles. The molecule has 1 aliphatic rings. The molecule has 3 rings (SSSR count). The lowest BCUT2D eigenvalue weighted by Gasteiger charge is -2.29. The zero-order chi connectivity index (χ0) is 18.0. The van der Waals surface area contributed by atoms with Crippen molar-refractivity contribution in [3.63, 3.8) is 0 Å². The summed E-state index contributed by atoms with van der Waals surface area (Å²) in [6.45, 7) is 1.68. The number of benzene rings is 1. The average Bonchev–Trinajstić information content (AvgIpc) is 2.58. The molecule has 5 nitrogen and oxygen atoms in total. The predicted molar refractivity (Wildman–Crippen MR) is 92.2 cm³/mol. The summed E-state index contributed by atoms with van der Waals surface area (Å²) in [5, 5.41) is 2.94. The van der Waals surface area contributed by atoms with Gasteiger partial charge >= 0.3 is 6.18 Å². The molecule has 0 atom stereocenters. The lowest BCUT2D eigenvalue weighted by Crippen LogP contribution is -2.31. The first-order valence-electron chi connectivity index (χ1n) is 7.85. The van der Waals surface area contributed by atoms with Crippen LogP contribution < -0.4 is 16.0 Å². The maximum atomic E-state index is 12.9. The monoisotopic (exact) mass is 371 g/mol. The molecule has 3 N–H and O–H groups in total. The first kappa shape index (κ1) is 17.6. The molecule has 2 aromatic rings. The summed E-state index contributed by atoms with van der Waals surface area (Å²) in [5.74, 6) is 0.817. The van der Waals surface area contributed by atoms with Crippen molar-refractivity contribution in [2.24, 2.45) is 0 Å². The lowest BCUT2D eigenvalue weighted by atomic mass is 10.1. The molecule has 25 heavy (non-hydrogen) atoms. The van der Waals surface area contributed by atoms with E-state index < -0.39 is 11.7 Å². The molecule has 0 spiro atoms. The molecule has 0 amide bonds. The van der Waals surface area contributed by atoms with E-state index in [0.717, 1.165) is 44.5 Å². The number of nitrogens with zero attached hydrogens (tertiary/aromatic N) is 3. The first-order valence-corrected chi connectivity index (χ1v) is 8.23. The maximum absolute atomic E-state index is 12.9. The summed E-state index contributed by atoms with van der Waals surface area (Å²) >= 11 is 6.01. The van der Waals surface area contributed by atoms with Gasteiger partial charge in [0.15, 0.2) is 11.6 Å². The van der Waals surface area contributed by atoms with Crippen LogP contribution in [0.4, 0.5) is 36.2 Å². The molecule has 134 valence electrons. The van der Waals surface area contributed by atoms with Crippen molar-refractivity contribution in [3.8, 4) is 0 Å². The Morgan fingerprint density at radius 2 is 1.84 bits per heavy atom. The Balaban J connectivity index is 1.91. The second-order valence-electron chi connectivity index (χ2n) is 5.82. The fourth-order valence-electron chi connectivity index (χ4n) is 2.77. The molecule has 9 heteroatoms. The van der Waals surface area contributed by atoms with Crippen molar-refractivity contribution in [2.45, 2.75) is 25.4 Å². The molecule has 1 aliphatic heterocycles. The molecular weight excluding hydrogens is 355 g/mol. The van der Waals surface area contributed by atoms with Crippen LogP contribution in [0.15, 0.2) is 24.5 Å². The summed E-state index contributed by atoms with van der Waals surface area (Å²) in [7, 11) is 0. The van der Waals surface area contributed by atoms with E-state index in [1.807, 2.05) is 0 Å². The summed E-state index contributed by atoms with van der Waals surface area (Å²) < 4.78 is 38.7. The zero-order valence-electron chi connectivity index (χ0n) is 13.3. The van der Waals surface area contributed by atoms with Crippen LogP contribution >= 0.6 is 11.6 Å². The van der Waals surface area contributed by atoms with Crippen LogP contribution in [0.25, 0.3) is 0 Å². The topological polar surface area (TPSA) is 67.1 Å². The van der Waals surface area contributed by atoms with Gasteiger partial charge in [-0.15, -0.1) is 0 Å². The standard InChI is InChI=1S/C16H17ClF3N5/c17-11-5-4-10(16(18,19)20)8-12(11)24-14-13(21)15(23-9-22-14)25-6-2-1-3-7-25/h4-5,8-9H,1-3,6-7,21H2,(H,22,23,24). The van der Waals surface area contributed by atoms with E-state index in [2.05, 4.69) is 20.2 Å². The Bertz CT molecular complexity index is 760. The zero-order valence-corrected chi connectivity index (χ0v) is 14.0. The van der Waals surface area contributed by atoms with E-state index in [-0.39, 0.29) is 22.2 Å². The molecule has 1 aromatic heterocycles. The lowest BCUT2D eigenvalue weighted by molar-refractivity contribution is -0.137. The van der Waals surface area contributed by atoms with Gasteiger partial charge in [0.05, 0.1) is 16.3 Å². The van der Waals surface area contributed by atoms with E-state index in [1.54, 1.807) is 0 Å². The highest BCUT2D eigenvalue weighted by Gasteiger charge is 2.31. The third kappa shape index (κ3) is 3.89. The van der Waals surface area contributed by atoms with Crippen LogP contribution in [0.5, 0.6) is 0 Å². The van der Waals surface area contributed by atoms with Gasteiger partial charge < -0.3 is 16.0 Å². The minimum Gasteiger partial charge on any atom is -0.393 e. The predicted octanol–water partition coefficient (Wildman–Crippen LogP) is 4.46. The third-order valence-corrected chi connectivity index (χ3v) is 4.39.